The van der Waals surface area contributed by atoms with Crippen LogP contribution in [0.15, 0.2) is 60.8 Å². The number of aliphatic hydroxyl groups excluding tert-OH is 1. The highest BCUT2D eigenvalue weighted by atomic mass is 19.1. The minimum Gasteiger partial charge on any atom is -0.508 e. The first-order valence-corrected chi connectivity index (χ1v) is 8.32. The minimum absolute atomic E-state index is 0.0486. The summed E-state index contributed by atoms with van der Waals surface area (Å²) in [6.45, 7) is 0. The van der Waals surface area contributed by atoms with Gasteiger partial charge in [0.05, 0.1) is 5.56 Å². The average molecular weight is 366 g/mol. The Labute approximate surface area is 156 Å². The first-order valence-electron chi connectivity index (χ1n) is 8.32. The average Bonchev–Trinajstić information content (AvgIpc) is 2.65. The molecule has 0 aliphatic heterocycles. The van der Waals surface area contributed by atoms with E-state index in [1.54, 1.807) is 42.6 Å². The van der Waals surface area contributed by atoms with Crippen molar-refractivity contribution in [2.24, 2.45) is 0 Å². The maximum Gasteiger partial charge on any atom is 0.219 e. The van der Waals surface area contributed by atoms with Crippen LogP contribution in [0.1, 0.15) is 17.5 Å². The number of rotatable bonds is 6. The summed E-state index contributed by atoms with van der Waals surface area (Å²) >= 11 is 0. The molecule has 0 saturated heterocycles. The van der Waals surface area contributed by atoms with Crippen molar-refractivity contribution in [3.05, 3.63) is 77.7 Å². The molecule has 3 aromatic rings. The highest BCUT2D eigenvalue weighted by Crippen LogP contribution is 2.23. The van der Waals surface area contributed by atoms with Crippen LogP contribution in [0, 0.1) is 5.82 Å². The lowest BCUT2D eigenvalue weighted by Gasteiger charge is -2.07. The van der Waals surface area contributed by atoms with Crippen LogP contribution in [0.3, 0.4) is 0 Å². The van der Waals surface area contributed by atoms with E-state index in [1.807, 2.05) is 6.07 Å². The number of nitrogen functional groups attached to an aromatic ring is 2. The summed E-state index contributed by atoms with van der Waals surface area (Å²) in [4.78, 5) is 8.09. The summed E-state index contributed by atoms with van der Waals surface area (Å²) in [5.41, 5.74) is 12.7. The van der Waals surface area contributed by atoms with Gasteiger partial charge in [-0.25, -0.2) is 14.4 Å². The van der Waals surface area contributed by atoms with Crippen molar-refractivity contribution in [2.45, 2.75) is 12.8 Å². The van der Waals surface area contributed by atoms with E-state index in [1.165, 1.54) is 12.1 Å². The minimum atomic E-state index is -0.444. The molecule has 138 valence electrons. The molecule has 0 aliphatic carbocycles. The molecule has 1 aromatic carbocycles. The number of halogens is 1. The normalized spacial score (nSPS) is 11.4. The highest BCUT2D eigenvalue weighted by Gasteiger charge is 2.06. The molecular weight excluding hydrogens is 347 g/mol. The zero-order valence-corrected chi connectivity index (χ0v) is 14.5. The molecule has 7 heteroatoms. The Kier molecular flexibility index (Phi) is 5.51. The number of aliphatic hydroxyl groups is 1. The topological polar surface area (TPSA) is 107 Å². The van der Waals surface area contributed by atoms with E-state index in [9.17, 15) is 9.50 Å². The number of hydrogen-bond acceptors (Lipinski definition) is 6. The smallest absolute Gasteiger partial charge is 0.219 e. The second-order valence-corrected chi connectivity index (χ2v) is 5.83. The lowest BCUT2D eigenvalue weighted by Crippen LogP contribution is -2.00. The molecule has 0 bridgehead atoms. The van der Waals surface area contributed by atoms with Gasteiger partial charge < -0.3 is 21.3 Å². The van der Waals surface area contributed by atoms with Gasteiger partial charge in [-0.2, -0.15) is 0 Å². The summed E-state index contributed by atoms with van der Waals surface area (Å²) in [5, 5.41) is 10.1. The van der Waals surface area contributed by atoms with Gasteiger partial charge in [0.2, 0.25) is 5.88 Å². The van der Waals surface area contributed by atoms with Crippen molar-refractivity contribution in [3.63, 3.8) is 0 Å². The van der Waals surface area contributed by atoms with E-state index < -0.39 is 5.82 Å². The van der Waals surface area contributed by atoms with Gasteiger partial charge in [-0.3, -0.25) is 0 Å². The number of pyridine rings is 2. The van der Waals surface area contributed by atoms with Crippen LogP contribution >= 0.6 is 0 Å². The summed E-state index contributed by atoms with van der Waals surface area (Å²) in [6, 6.07) is 12.9. The largest absolute Gasteiger partial charge is 0.508 e. The molecule has 0 aliphatic rings. The number of aryl methyl sites for hydroxylation is 1. The number of ether oxygens (including phenoxy) is 1. The van der Waals surface area contributed by atoms with Crippen LogP contribution in [0.25, 0.3) is 5.76 Å². The predicted octanol–water partition coefficient (Wildman–Crippen LogP) is 4.10. The van der Waals surface area contributed by atoms with Crippen LogP contribution in [0.4, 0.5) is 16.0 Å². The zero-order valence-electron chi connectivity index (χ0n) is 14.5. The Hall–Kier alpha value is -3.61. The number of aromatic nitrogens is 2. The monoisotopic (exact) mass is 366 g/mol. The molecule has 2 heterocycles. The molecule has 6 nitrogen and oxygen atoms in total. The Morgan fingerprint density at radius 2 is 1.93 bits per heavy atom. The molecule has 0 atom stereocenters. The van der Waals surface area contributed by atoms with Crippen LogP contribution in [-0.4, -0.2) is 15.1 Å². The van der Waals surface area contributed by atoms with Crippen molar-refractivity contribution >= 4 is 17.4 Å². The number of anilines is 2. The molecule has 5 N–H and O–H groups in total. The van der Waals surface area contributed by atoms with Crippen LogP contribution in [-0.2, 0) is 6.42 Å². The van der Waals surface area contributed by atoms with E-state index in [0.717, 1.165) is 5.56 Å². The number of nitrogens with two attached hydrogens (primary N) is 2. The molecule has 0 fully saturated rings. The Morgan fingerprint density at radius 1 is 1.11 bits per heavy atom. The third kappa shape index (κ3) is 4.72. The summed E-state index contributed by atoms with van der Waals surface area (Å²) in [6.07, 6.45) is 4.54. The summed E-state index contributed by atoms with van der Waals surface area (Å²) < 4.78 is 19.0. The van der Waals surface area contributed by atoms with Crippen LogP contribution in [0.2, 0.25) is 0 Å². The van der Waals surface area contributed by atoms with Crippen LogP contribution < -0.4 is 16.2 Å². The predicted molar refractivity (Wildman–Crippen MR) is 103 cm³/mol. The Bertz CT molecular complexity index is 958. The molecule has 0 radical (unpaired) electrons. The highest BCUT2D eigenvalue weighted by molar-refractivity contribution is 5.68. The number of hydrogen-bond donors (Lipinski definition) is 3. The van der Waals surface area contributed by atoms with Crippen molar-refractivity contribution in [2.75, 3.05) is 11.5 Å². The molecule has 0 amide bonds. The fourth-order valence-corrected chi connectivity index (χ4v) is 2.45. The molecule has 27 heavy (non-hydrogen) atoms. The lowest BCUT2D eigenvalue weighted by molar-refractivity contribution is 0.427. The quantitative estimate of drug-likeness (QED) is 0.567. The van der Waals surface area contributed by atoms with Crippen LogP contribution in [0.5, 0.6) is 11.6 Å². The molecule has 0 saturated carbocycles. The first-order chi connectivity index (χ1) is 13.0. The fraction of sp³-hybridized carbons (Fsp3) is 0.100. The fourth-order valence-electron chi connectivity index (χ4n) is 2.45. The van der Waals surface area contributed by atoms with Crippen molar-refractivity contribution in [1.29, 1.82) is 0 Å². The second-order valence-electron chi connectivity index (χ2n) is 5.83. The van der Waals surface area contributed by atoms with Gasteiger partial charge in [0.15, 0.2) is 11.6 Å². The standard InChI is InChI=1S/C20H19FN4O2/c21-15-5-1-2-7-17(15)27-19-11-8-13(12-24-19)4-3-6-16(26)14-9-10-18(22)25-20(14)23/h1-2,5-12,26H,3-4H2,(H4,22,23,25)/b16-6-. The van der Waals surface area contributed by atoms with Gasteiger partial charge in [-0.05, 0) is 48.7 Å². The maximum absolute atomic E-state index is 13.6. The first kappa shape index (κ1) is 18.2. The van der Waals surface area contributed by atoms with Gasteiger partial charge in [-0.15, -0.1) is 0 Å². The third-order valence-electron chi connectivity index (χ3n) is 3.84. The van der Waals surface area contributed by atoms with Crippen molar-refractivity contribution in [3.8, 4) is 11.6 Å². The zero-order chi connectivity index (χ0) is 19.2. The van der Waals surface area contributed by atoms with Gasteiger partial charge in [0.1, 0.15) is 17.4 Å². The number of para-hydroxylation sites is 1. The number of nitrogens with zero attached hydrogens (tertiary/aromatic N) is 2. The number of benzene rings is 1. The van der Waals surface area contributed by atoms with Crippen molar-refractivity contribution < 1.29 is 14.2 Å². The van der Waals surface area contributed by atoms with Crippen molar-refractivity contribution in [1.82, 2.24) is 9.97 Å². The van der Waals surface area contributed by atoms with E-state index in [0.29, 0.717) is 30.1 Å². The second kappa shape index (κ2) is 8.18. The Morgan fingerprint density at radius 3 is 2.63 bits per heavy atom. The summed E-state index contributed by atoms with van der Waals surface area (Å²) in [5.74, 6) is 0.518. The molecule has 0 spiro atoms. The molecule has 0 unspecified atom stereocenters. The maximum atomic E-state index is 13.6. The van der Waals surface area contributed by atoms with Gasteiger partial charge in [0.25, 0.3) is 0 Å². The van der Waals surface area contributed by atoms with Gasteiger partial charge in [0, 0.05) is 12.3 Å². The summed E-state index contributed by atoms with van der Waals surface area (Å²) in [7, 11) is 0. The van der Waals surface area contributed by atoms with E-state index in [4.69, 9.17) is 16.2 Å². The van der Waals surface area contributed by atoms with E-state index in [-0.39, 0.29) is 17.3 Å². The third-order valence-corrected chi connectivity index (χ3v) is 3.84. The van der Waals surface area contributed by atoms with Gasteiger partial charge >= 0.3 is 0 Å². The van der Waals surface area contributed by atoms with E-state index in [2.05, 4.69) is 9.97 Å². The lowest BCUT2D eigenvalue weighted by atomic mass is 10.1. The SMILES string of the molecule is Nc1ccc(/C(O)=C/CCc2ccc(Oc3ccccc3F)nc2)c(N)n1. The molecule has 2 aromatic heterocycles. The van der Waals surface area contributed by atoms with Gasteiger partial charge in [-0.1, -0.05) is 18.2 Å². The van der Waals surface area contributed by atoms with E-state index >= 15 is 0 Å². The molecular formula is C20H19FN4O2. The number of allylic oxidation sites excluding steroid dienone is 1. The molecule has 3 rings (SSSR count). The Balaban J connectivity index is 1.59.